The summed E-state index contributed by atoms with van der Waals surface area (Å²) in [5, 5.41) is 2.78. The Bertz CT molecular complexity index is 971. The first kappa shape index (κ1) is 22.3. The maximum atomic E-state index is 12.4. The third-order valence-corrected chi connectivity index (χ3v) is 5.51. The van der Waals surface area contributed by atoms with Gasteiger partial charge < -0.3 is 19.5 Å². The minimum absolute atomic E-state index is 0.0671. The molecule has 0 bridgehead atoms. The Labute approximate surface area is 170 Å². The second kappa shape index (κ2) is 9.94. The van der Waals surface area contributed by atoms with Crippen LogP contribution < -0.4 is 24.2 Å². The van der Waals surface area contributed by atoms with Crippen LogP contribution in [-0.4, -0.2) is 42.2 Å². The Morgan fingerprint density at radius 1 is 1.00 bits per heavy atom. The van der Waals surface area contributed by atoms with Crippen molar-refractivity contribution in [2.75, 3.05) is 27.9 Å². The predicted octanol–water partition coefficient (Wildman–Crippen LogP) is 2.11. The Hall–Kier alpha value is -3.04. The van der Waals surface area contributed by atoms with Crippen LogP contribution in [-0.2, 0) is 16.6 Å². The van der Waals surface area contributed by atoms with E-state index < -0.39 is 10.0 Å². The molecule has 0 aliphatic rings. The normalized spacial score (nSPS) is 10.9. The third-order valence-electron chi connectivity index (χ3n) is 4.07. The molecule has 1 amide bonds. The van der Waals surface area contributed by atoms with E-state index in [1.807, 2.05) is 0 Å². The van der Waals surface area contributed by atoms with Crippen LogP contribution in [0.5, 0.6) is 17.2 Å². The Kier molecular flexibility index (Phi) is 7.63. The van der Waals surface area contributed by atoms with Gasteiger partial charge in [-0.25, -0.2) is 13.1 Å². The molecule has 0 spiro atoms. The highest BCUT2D eigenvalue weighted by atomic mass is 32.2. The molecule has 0 atom stereocenters. The van der Waals surface area contributed by atoms with Gasteiger partial charge in [-0.15, -0.1) is 6.58 Å². The molecule has 0 saturated heterocycles. The van der Waals surface area contributed by atoms with E-state index in [9.17, 15) is 13.2 Å². The molecule has 0 saturated carbocycles. The number of ether oxygens (including phenoxy) is 3. The van der Waals surface area contributed by atoms with Gasteiger partial charge in [-0.2, -0.15) is 0 Å². The summed E-state index contributed by atoms with van der Waals surface area (Å²) in [5.41, 5.74) is 1.03. The molecule has 0 aromatic heterocycles. The van der Waals surface area contributed by atoms with E-state index in [-0.39, 0.29) is 23.9 Å². The highest BCUT2D eigenvalue weighted by Crippen LogP contribution is 2.34. The fourth-order valence-corrected chi connectivity index (χ4v) is 3.54. The van der Waals surface area contributed by atoms with E-state index in [1.54, 1.807) is 12.1 Å². The molecule has 156 valence electrons. The molecule has 2 rings (SSSR count). The van der Waals surface area contributed by atoms with Crippen LogP contribution >= 0.6 is 0 Å². The van der Waals surface area contributed by atoms with Crippen LogP contribution in [0.3, 0.4) is 0 Å². The highest BCUT2D eigenvalue weighted by molar-refractivity contribution is 7.89. The molecule has 0 aliphatic heterocycles. The lowest BCUT2D eigenvalue weighted by Crippen LogP contribution is -2.25. The van der Waals surface area contributed by atoms with Crippen LogP contribution in [0, 0.1) is 0 Å². The monoisotopic (exact) mass is 420 g/mol. The summed E-state index contributed by atoms with van der Waals surface area (Å²) in [6.07, 6.45) is 1.45. The summed E-state index contributed by atoms with van der Waals surface area (Å²) in [5.74, 6) is 1.21. The van der Waals surface area contributed by atoms with Gasteiger partial charge in [-0.1, -0.05) is 6.08 Å². The number of hydrogen-bond acceptors (Lipinski definition) is 6. The molecule has 2 N–H and O–H groups in total. The van der Waals surface area contributed by atoms with Gasteiger partial charge in [-0.3, -0.25) is 4.79 Å². The second-order valence-corrected chi connectivity index (χ2v) is 7.63. The topological polar surface area (TPSA) is 103 Å². The zero-order valence-corrected chi connectivity index (χ0v) is 17.3. The molecule has 2 aromatic rings. The minimum Gasteiger partial charge on any atom is -0.496 e. The summed E-state index contributed by atoms with van der Waals surface area (Å²) in [6, 6.07) is 9.04. The van der Waals surface area contributed by atoms with E-state index in [2.05, 4.69) is 16.6 Å². The van der Waals surface area contributed by atoms with Crippen molar-refractivity contribution < 1.29 is 27.4 Å². The lowest BCUT2D eigenvalue weighted by atomic mass is 10.1. The number of carbonyl (C=O) groups is 1. The molecule has 29 heavy (non-hydrogen) atoms. The van der Waals surface area contributed by atoms with Crippen LogP contribution in [0.4, 0.5) is 0 Å². The SMILES string of the molecule is C=CCNS(=O)(=O)c1ccc(C(=O)NCc2cc(OC)c(OC)cc2OC)cc1. The van der Waals surface area contributed by atoms with Gasteiger partial charge in [0.1, 0.15) is 5.75 Å². The summed E-state index contributed by atoms with van der Waals surface area (Å²) < 4.78 is 42.4. The van der Waals surface area contributed by atoms with Crippen molar-refractivity contribution in [3.8, 4) is 17.2 Å². The first-order chi connectivity index (χ1) is 13.9. The van der Waals surface area contributed by atoms with Crippen molar-refractivity contribution in [1.82, 2.24) is 10.0 Å². The van der Waals surface area contributed by atoms with Gasteiger partial charge in [0.05, 0.1) is 26.2 Å². The van der Waals surface area contributed by atoms with Gasteiger partial charge in [0.25, 0.3) is 5.91 Å². The van der Waals surface area contributed by atoms with Gasteiger partial charge in [-0.05, 0) is 30.3 Å². The number of methoxy groups -OCH3 is 3. The molecule has 9 heteroatoms. The van der Waals surface area contributed by atoms with Crippen molar-refractivity contribution >= 4 is 15.9 Å². The lowest BCUT2D eigenvalue weighted by molar-refractivity contribution is 0.0950. The molecule has 0 heterocycles. The number of nitrogens with one attached hydrogen (secondary N) is 2. The minimum atomic E-state index is -3.64. The number of amides is 1. The Morgan fingerprint density at radius 3 is 2.14 bits per heavy atom. The number of hydrogen-bond donors (Lipinski definition) is 2. The summed E-state index contributed by atoms with van der Waals surface area (Å²) in [6.45, 7) is 3.78. The van der Waals surface area contributed by atoms with Gasteiger partial charge in [0.2, 0.25) is 10.0 Å². The molecule has 0 aliphatic carbocycles. The quantitative estimate of drug-likeness (QED) is 0.571. The average molecular weight is 420 g/mol. The first-order valence-electron chi connectivity index (χ1n) is 8.64. The third kappa shape index (κ3) is 5.49. The zero-order chi connectivity index (χ0) is 21.4. The largest absolute Gasteiger partial charge is 0.496 e. The number of rotatable bonds is 10. The molecule has 2 aromatic carbocycles. The zero-order valence-electron chi connectivity index (χ0n) is 16.5. The average Bonchev–Trinajstić information content (AvgIpc) is 2.75. The van der Waals surface area contributed by atoms with Crippen molar-refractivity contribution in [2.24, 2.45) is 0 Å². The molecule has 8 nitrogen and oxygen atoms in total. The first-order valence-corrected chi connectivity index (χ1v) is 10.1. The molecule has 0 unspecified atom stereocenters. The maximum Gasteiger partial charge on any atom is 0.251 e. The number of sulfonamides is 1. The van der Waals surface area contributed by atoms with Crippen molar-refractivity contribution in [2.45, 2.75) is 11.4 Å². The smallest absolute Gasteiger partial charge is 0.251 e. The van der Waals surface area contributed by atoms with Crippen molar-refractivity contribution in [3.63, 3.8) is 0 Å². The molecule has 0 fully saturated rings. The number of carbonyl (C=O) groups excluding carboxylic acids is 1. The fourth-order valence-electron chi connectivity index (χ4n) is 2.55. The Balaban J connectivity index is 2.12. The lowest BCUT2D eigenvalue weighted by Gasteiger charge is -2.14. The fraction of sp³-hybridized carbons (Fsp3) is 0.250. The van der Waals surface area contributed by atoms with Crippen molar-refractivity contribution in [1.29, 1.82) is 0 Å². The van der Waals surface area contributed by atoms with Crippen LogP contribution in [0.15, 0.2) is 53.9 Å². The molecular formula is C20H24N2O6S. The summed E-state index contributed by atoms with van der Waals surface area (Å²) in [4.78, 5) is 12.5. The summed E-state index contributed by atoms with van der Waals surface area (Å²) in [7, 11) is 0.925. The highest BCUT2D eigenvalue weighted by Gasteiger charge is 2.15. The standard InChI is InChI=1S/C20H24N2O6S/c1-5-10-22-29(24,25)16-8-6-14(7-9-16)20(23)21-13-15-11-18(27-3)19(28-4)12-17(15)26-2/h5-9,11-12,22H,1,10,13H2,2-4H3,(H,21,23). The Morgan fingerprint density at radius 2 is 1.59 bits per heavy atom. The van der Waals surface area contributed by atoms with Gasteiger partial charge >= 0.3 is 0 Å². The molecule has 0 radical (unpaired) electrons. The summed E-state index contributed by atoms with van der Waals surface area (Å²) >= 11 is 0. The van der Waals surface area contributed by atoms with E-state index in [0.29, 0.717) is 28.4 Å². The van der Waals surface area contributed by atoms with Crippen LogP contribution in [0.2, 0.25) is 0 Å². The van der Waals surface area contributed by atoms with Gasteiger partial charge in [0, 0.05) is 30.3 Å². The van der Waals surface area contributed by atoms with Crippen molar-refractivity contribution in [3.05, 3.63) is 60.2 Å². The predicted molar refractivity (Wildman–Crippen MR) is 109 cm³/mol. The second-order valence-electron chi connectivity index (χ2n) is 5.87. The van der Waals surface area contributed by atoms with Gasteiger partial charge in [0.15, 0.2) is 11.5 Å². The van der Waals surface area contributed by atoms with E-state index in [4.69, 9.17) is 14.2 Å². The van der Waals surface area contributed by atoms with Crippen LogP contribution in [0.1, 0.15) is 15.9 Å². The van der Waals surface area contributed by atoms with E-state index in [1.165, 1.54) is 51.7 Å². The van der Waals surface area contributed by atoms with E-state index in [0.717, 1.165) is 0 Å². The number of benzene rings is 2. The van der Waals surface area contributed by atoms with E-state index >= 15 is 0 Å². The van der Waals surface area contributed by atoms with Crippen LogP contribution in [0.25, 0.3) is 0 Å². The maximum absolute atomic E-state index is 12.4. The molecular weight excluding hydrogens is 396 g/mol.